The van der Waals surface area contributed by atoms with Gasteiger partial charge in [-0.25, -0.2) is 23.9 Å². The smallest absolute Gasteiger partial charge is 0.163 e. The number of aromatic nitrogens is 5. The molecule has 1 fully saturated rings. The Labute approximate surface area is 211 Å². The summed E-state index contributed by atoms with van der Waals surface area (Å²) in [6, 6.07) is 11.3. The Hall–Kier alpha value is -4.51. The molecule has 0 amide bonds. The molecule has 2 aliphatic heterocycles. The number of nitrogens with one attached hydrogen (secondary N) is 2. The molecule has 37 heavy (non-hydrogen) atoms. The predicted molar refractivity (Wildman–Crippen MR) is 137 cm³/mol. The first kappa shape index (κ1) is 21.7. The summed E-state index contributed by atoms with van der Waals surface area (Å²) in [5, 5.41) is 11.1. The number of anilines is 3. The summed E-state index contributed by atoms with van der Waals surface area (Å²) in [7, 11) is 0. The molecular weight excluding hydrogens is 475 g/mol. The van der Waals surface area contributed by atoms with E-state index in [1.807, 2.05) is 42.2 Å². The van der Waals surface area contributed by atoms with Crippen LogP contribution in [0.4, 0.5) is 21.6 Å². The molecule has 0 spiro atoms. The van der Waals surface area contributed by atoms with Crippen molar-refractivity contribution in [3.63, 3.8) is 0 Å². The summed E-state index contributed by atoms with van der Waals surface area (Å²) in [5.41, 5.74) is 3.31. The van der Waals surface area contributed by atoms with E-state index in [1.54, 1.807) is 16.8 Å². The maximum Gasteiger partial charge on any atom is 0.163 e. The fraction of sp³-hybridized carbons (Fsp3) is 0.231. The van der Waals surface area contributed by atoms with Crippen molar-refractivity contribution in [3.05, 3.63) is 66.6 Å². The second kappa shape index (κ2) is 8.56. The number of halogens is 1. The molecular formula is C26H23FN8O2. The maximum absolute atomic E-state index is 16.1. The van der Waals surface area contributed by atoms with Gasteiger partial charge in [-0.1, -0.05) is 0 Å². The highest BCUT2D eigenvalue weighted by molar-refractivity contribution is 5.96. The SMILES string of the molecule is Cc1cc(Nc2ncnc3cc4c(c(F)c23)N2CCN[C@H](CO4)C2)ccc1Oc1ccn2ncnc2c1. The van der Waals surface area contributed by atoms with Crippen molar-refractivity contribution in [2.45, 2.75) is 13.0 Å². The van der Waals surface area contributed by atoms with Gasteiger partial charge in [0.2, 0.25) is 0 Å². The van der Waals surface area contributed by atoms with E-state index >= 15 is 4.39 Å². The fourth-order valence-corrected chi connectivity index (χ4v) is 4.94. The first-order valence-electron chi connectivity index (χ1n) is 12.1. The van der Waals surface area contributed by atoms with Crippen LogP contribution in [0.25, 0.3) is 16.6 Å². The van der Waals surface area contributed by atoms with E-state index in [4.69, 9.17) is 9.47 Å². The van der Waals surface area contributed by atoms with Crippen molar-refractivity contribution in [2.24, 2.45) is 0 Å². The lowest BCUT2D eigenvalue weighted by molar-refractivity contribution is 0.270. The van der Waals surface area contributed by atoms with E-state index in [0.717, 1.165) is 17.8 Å². The van der Waals surface area contributed by atoms with Crippen molar-refractivity contribution in [1.82, 2.24) is 29.9 Å². The third-order valence-electron chi connectivity index (χ3n) is 6.73. The largest absolute Gasteiger partial charge is 0.490 e. The maximum atomic E-state index is 16.1. The average molecular weight is 499 g/mol. The van der Waals surface area contributed by atoms with Crippen molar-refractivity contribution < 1.29 is 13.9 Å². The topological polar surface area (TPSA) is 102 Å². The quantitative estimate of drug-likeness (QED) is 0.383. The highest BCUT2D eigenvalue weighted by Crippen LogP contribution is 2.41. The highest BCUT2D eigenvalue weighted by atomic mass is 19.1. The van der Waals surface area contributed by atoms with Gasteiger partial charge in [0, 0.05) is 43.7 Å². The van der Waals surface area contributed by atoms with Gasteiger partial charge in [0.1, 0.15) is 48.0 Å². The molecule has 3 aromatic heterocycles. The van der Waals surface area contributed by atoms with Crippen molar-refractivity contribution in [2.75, 3.05) is 36.5 Å². The zero-order valence-electron chi connectivity index (χ0n) is 20.0. The van der Waals surface area contributed by atoms with E-state index in [9.17, 15) is 0 Å². The molecule has 0 unspecified atom stereocenters. The average Bonchev–Trinajstić information content (AvgIpc) is 3.33. The van der Waals surface area contributed by atoms with Crippen molar-refractivity contribution in [1.29, 1.82) is 0 Å². The van der Waals surface area contributed by atoms with Crippen LogP contribution >= 0.6 is 0 Å². The molecule has 2 N–H and O–H groups in total. The van der Waals surface area contributed by atoms with Gasteiger partial charge in [0.25, 0.3) is 0 Å². The van der Waals surface area contributed by atoms with E-state index < -0.39 is 0 Å². The van der Waals surface area contributed by atoms with Crippen molar-refractivity contribution >= 4 is 33.7 Å². The Balaban J connectivity index is 1.21. The minimum atomic E-state index is -0.376. The summed E-state index contributed by atoms with van der Waals surface area (Å²) < 4.78 is 29.8. The molecule has 1 atom stereocenters. The van der Waals surface area contributed by atoms with Gasteiger partial charge in [-0.2, -0.15) is 5.10 Å². The van der Waals surface area contributed by atoms with Crippen LogP contribution in [0.15, 0.2) is 55.2 Å². The van der Waals surface area contributed by atoms with Crippen LogP contribution in [0.2, 0.25) is 0 Å². The zero-order chi connectivity index (χ0) is 24.9. The van der Waals surface area contributed by atoms with Crippen molar-refractivity contribution in [3.8, 4) is 17.2 Å². The minimum absolute atomic E-state index is 0.161. The summed E-state index contributed by atoms with van der Waals surface area (Å²) in [4.78, 5) is 14.9. The lowest BCUT2D eigenvalue weighted by Crippen LogP contribution is -2.52. The normalized spacial score (nSPS) is 16.8. The highest BCUT2D eigenvalue weighted by Gasteiger charge is 2.31. The standard InChI is InChI=1S/C26H23FN8O2/c1-15-8-16(2-3-20(15)37-18-4-6-35-22(9-18)30-14-32-35)33-26-23-19(29-13-31-26)10-21-25(24(23)27)34-7-5-28-17(11-34)12-36-21/h2-4,6,8-10,13-14,17,28H,5,7,11-12H2,1H3,(H,29,31,33)/t17-/m0/s1. The monoisotopic (exact) mass is 498 g/mol. The molecule has 2 aliphatic rings. The van der Waals surface area contributed by atoms with E-state index in [-0.39, 0.29) is 11.9 Å². The van der Waals surface area contributed by atoms with Crippen LogP contribution in [0, 0.1) is 12.7 Å². The third kappa shape index (κ3) is 3.84. The number of piperazine rings is 1. The molecule has 5 heterocycles. The Kier molecular flexibility index (Phi) is 5.03. The van der Waals surface area contributed by atoms with Gasteiger partial charge < -0.3 is 25.0 Å². The molecule has 7 rings (SSSR count). The number of nitrogens with zero attached hydrogens (tertiary/aromatic N) is 6. The van der Waals surface area contributed by atoms with Crippen LogP contribution in [0.3, 0.4) is 0 Å². The third-order valence-corrected chi connectivity index (χ3v) is 6.73. The van der Waals surface area contributed by atoms with Gasteiger partial charge in [0.05, 0.1) is 16.9 Å². The minimum Gasteiger partial charge on any atom is -0.490 e. The van der Waals surface area contributed by atoms with Gasteiger partial charge in [0.15, 0.2) is 11.5 Å². The second-order valence-electron chi connectivity index (χ2n) is 9.19. The second-order valence-corrected chi connectivity index (χ2v) is 9.19. The number of fused-ring (bicyclic) bond motifs is 6. The number of aryl methyl sites for hydroxylation is 1. The Bertz CT molecular complexity index is 1660. The molecule has 0 saturated carbocycles. The lowest BCUT2D eigenvalue weighted by atomic mass is 10.1. The van der Waals surface area contributed by atoms with E-state index in [0.29, 0.717) is 65.0 Å². The Morgan fingerprint density at radius 2 is 2.08 bits per heavy atom. The number of hydrogen-bond acceptors (Lipinski definition) is 9. The summed E-state index contributed by atoms with van der Waals surface area (Å²) in [6.45, 7) is 4.62. The van der Waals surface area contributed by atoms with Crippen LogP contribution < -0.4 is 25.0 Å². The first-order valence-corrected chi connectivity index (χ1v) is 12.1. The summed E-state index contributed by atoms with van der Waals surface area (Å²) >= 11 is 0. The van der Waals surface area contributed by atoms with Gasteiger partial charge in [-0.3, -0.25) is 0 Å². The van der Waals surface area contributed by atoms with Gasteiger partial charge in [-0.15, -0.1) is 0 Å². The summed E-state index contributed by atoms with van der Waals surface area (Å²) in [5.74, 6) is 1.89. The summed E-state index contributed by atoms with van der Waals surface area (Å²) in [6.07, 6.45) is 4.72. The van der Waals surface area contributed by atoms with Gasteiger partial charge >= 0.3 is 0 Å². The molecule has 10 nitrogen and oxygen atoms in total. The molecule has 5 aromatic rings. The van der Waals surface area contributed by atoms with E-state index in [2.05, 4.69) is 30.7 Å². The van der Waals surface area contributed by atoms with Crippen LogP contribution in [0.1, 0.15) is 5.56 Å². The molecule has 0 aliphatic carbocycles. The number of ether oxygens (including phenoxy) is 2. The fourth-order valence-electron chi connectivity index (χ4n) is 4.94. The van der Waals surface area contributed by atoms with Crippen LogP contribution in [-0.2, 0) is 0 Å². The first-order chi connectivity index (χ1) is 18.1. The van der Waals surface area contributed by atoms with Crippen LogP contribution in [-0.4, -0.2) is 56.8 Å². The van der Waals surface area contributed by atoms with E-state index in [1.165, 1.54) is 12.7 Å². The zero-order valence-corrected chi connectivity index (χ0v) is 20.0. The lowest BCUT2D eigenvalue weighted by Gasteiger charge is -2.32. The molecule has 2 bridgehead atoms. The number of benzene rings is 2. The number of rotatable bonds is 4. The predicted octanol–water partition coefficient (Wildman–Crippen LogP) is 3.83. The molecule has 2 aromatic carbocycles. The molecule has 11 heteroatoms. The number of hydrogen-bond donors (Lipinski definition) is 2. The molecule has 0 radical (unpaired) electrons. The number of pyridine rings is 1. The Morgan fingerprint density at radius 1 is 1.14 bits per heavy atom. The molecule has 1 saturated heterocycles. The Morgan fingerprint density at radius 3 is 3.00 bits per heavy atom. The van der Waals surface area contributed by atoms with Crippen LogP contribution in [0.5, 0.6) is 17.2 Å². The molecule has 186 valence electrons. The van der Waals surface area contributed by atoms with Gasteiger partial charge in [-0.05, 0) is 36.8 Å².